The van der Waals surface area contributed by atoms with Crippen molar-refractivity contribution in [2.24, 2.45) is 0 Å². The van der Waals surface area contributed by atoms with Gasteiger partial charge in [-0.1, -0.05) is 6.07 Å². The summed E-state index contributed by atoms with van der Waals surface area (Å²) in [6, 6.07) is 10.9. The van der Waals surface area contributed by atoms with Crippen LogP contribution in [0.5, 0.6) is 0 Å². The zero-order chi connectivity index (χ0) is 17.8. The molecule has 0 fully saturated rings. The maximum atomic E-state index is 13.3. The number of nitrogens with zero attached hydrogens (tertiary/aromatic N) is 5. The van der Waals surface area contributed by atoms with Gasteiger partial charge in [-0.15, -0.1) is 5.10 Å². The zero-order valence-corrected chi connectivity index (χ0v) is 12.7. The molecule has 0 aliphatic rings. The Hall–Kier alpha value is -3.69. The zero-order valence-electron chi connectivity index (χ0n) is 12.7. The molecule has 0 atom stereocenters. The summed E-state index contributed by atoms with van der Waals surface area (Å²) in [6.45, 7) is -0.000661. The second-order valence-corrected chi connectivity index (χ2v) is 4.97. The number of carbonyl (C=O) groups is 1. The number of benzene rings is 2. The van der Waals surface area contributed by atoms with Crippen LogP contribution in [0.15, 0.2) is 48.5 Å². The van der Waals surface area contributed by atoms with E-state index in [2.05, 4.69) is 20.8 Å². The fourth-order valence-electron chi connectivity index (χ4n) is 2.12. The van der Waals surface area contributed by atoms with Gasteiger partial charge in [-0.25, -0.2) is 4.39 Å². The first-order chi connectivity index (χ1) is 12.0. The number of amides is 1. The summed E-state index contributed by atoms with van der Waals surface area (Å²) in [5.41, 5.74) is 0.576. The van der Waals surface area contributed by atoms with Gasteiger partial charge >= 0.3 is 0 Å². The molecule has 3 rings (SSSR count). The van der Waals surface area contributed by atoms with Crippen molar-refractivity contribution < 1.29 is 14.1 Å². The minimum Gasteiger partial charge on any atom is -0.345 e. The third-order valence-corrected chi connectivity index (χ3v) is 3.33. The average molecular weight is 342 g/mol. The Kier molecular flexibility index (Phi) is 4.42. The number of nitro groups is 1. The lowest BCUT2D eigenvalue weighted by Gasteiger charge is -2.06. The van der Waals surface area contributed by atoms with Crippen LogP contribution in [0.1, 0.15) is 16.2 Å². The van der Waals surface area contributed by atoms with Gasteiger partial charge < -0.3 is 5.32 Å². The average Bonchev–Trinajstić information content (AvgIpc) is 3.08. The van der Waals surface area contributed by atoms with E-state index in [0.717, 1.165) is 0 Å². The number of nitro benzene ring substituents is 1. The molecule has 25 heavy (non-hydrogen) atoms. The SMILES string of the molecule is O=C(NCc1nnnn1-c1cccc(F)c1)c1ccc([N+](=O)[O-])cc1. The second-order valence-electron chi connectivity index (χ2n) is 4.97. The van der Waals surface area contributed by atoms with Crippen LogP contribution in [-0.4, -0.2) is 31.0 Å². The second kappa shape index (κ2) is 6.83. The van der Waals surface area contributed by atoms with Crippen LogP contribution in [0.4, 0.5) is 10.1 Å². The van der Waals surface area contributed by atoms with Crippen molar-refractivity contribution in [1.29, 1.82) is 0 Å². The molecule has 0 unspecified atom stereocenters. The van der Waals surface area contributed by atoms with Crippen LogP contribution >= 0.6 is 0 Å². The maximum absolute atomic E-state index is 13.3. The summed E-state index contributed by atoms with van der Waals surface area (Å²) >= 11 is 0. The molecule has 126 valence electrons. The molecule has 1 aromatic heterocycles. The third kappa shape index (κ3) is 3.63. The first-order valence-corrected chi connectivity index (χ1v) is 7.10. The summed E-state index contributed by atoms with van der Waals surface area (Å²) in [4.78, 5) is 22.2. The molecule has 2 aromatic carbocycles. The highest BCUT2D eigenvalue weighted by molar-refractivity contribution is 5.94. The lowest BCUT2D eigenvalue weighted by Crippen LogP contribution is -2.24. The van der Waals surface area contributed by atoms with Crippen LogP contribution in [0, 0.1) is 15.9 Å². The van der Waals surface area contributed by atoms with Crippen molar-refractivity contribution in [3.63, 3.8) is 0 Å². The molecule has 0 spiro atoms. The minimum atomic E-state index is -0.547. The maximum Gasteiger partial charge on any atom is 0.269 e. The Morgan fingerprint density at radius 3 is 2.68 bits per heavy atom. The Bertz CT molecular complexity index is 925. The van der Waals surface area contributed by atoms with E-state index in [1.807, 2.05) is 0 Å². The first-order valence-electron chi connectivity index (χ1n) is 7.10. The van der Waals surface area contributed by atoms with Crippen LogP contribution in [-0.2, 0) is 6.54 Å². The molecule has 1 N–H and O–H groups in total. The van der Waals surface area contributed by atoms with Crippen molar-refractivity contribution in [2.45, 2.75) is 6.54 Å². The van der Waals surface area contributed by atoms with Crippen LogP contribution in [0.2, 0.25) is 0 Å². The summed E-state index contributed by atoms with van der Waals surface area (Å²) in [7, 11) is 0. The fraction of sp³-hybridized carbons (Fsp3) is 0.0667. The Morgan fingerprint density at radius 2 is 2.00 bits per heavy atom. The van der Waals surface area contributed by atoms with Gasteiger partial charge in [-0.05, 0) is 40.8 Å². The number of carbonyl (C=O) groups excluding carboxylic acids is 1. The smallest absolute Gasteiger partial charge is 0.269 e. The summed E-state index contributed by atoms with van der Waals surface area (Å²) < 4.78 is 14.6. The molecule has 0 bridgehead atoms. The monoisotopic (exact) mass is 342 g/mol. The molecule has 10 heteroatoms. The van der Waals surface area contributed by atoms with Crippen molar-refractivity contribution in [3.8, 4) is 5.69 Å². The number of halogens is 1. The van der Waals surface area contributed by atoms with Crippen molar-refractivity contribution in [1.82, 2.24) is 25.5 Å². The molecular weight excluding hydrogens is 331 g/mol. The van der Waals surface area contributed by atoms with Gasteiger partial charge in [0.25, 0.3) is 11.6 Å². The topological polar surface area (TPSA) is 116 Å². The van der Waals surface area contributed by atoms with E-state index in [1.165, 1.54) is 47.1 Å². The molecule has 0 aliphatic carbocycles. The predicted molar refractivity (Wildman–Crippen MR) is 83.4 cm³/mol. The van der Waals surface area contributed by atoms with E-state index >= 15 is 0 Å². The standard InChI is InChI=1S/C15H11FN6O3/c16-11-2-1-3-13(8-11)21-14(18-19-20-21)9-17-15(23)10-4-6-12(7-5-10)22(24)25/h1-8H,9H2,(H,17,23). The van der Waals surface area contributed by atoms with Gasteiger partial charge in [0.15, 0.2) is 5.82 Å². The van der Waals surface area contributed by atoms with Gasteiger partial charge in [0.2, 0.25) is 0 Å². The number of non-ortho nitro benzene ring substituents is 1. The number of tetrazole rings is 1. The Balaban J connectivity index is 1.71. The largest absolute Gasteiger partial charge is 0.345 e. The summed E-state index contributed by atoms with van der Waals surface area (Å²) in [5.74, 6) is -0.571. The van der Waals surface area contributed by atoms with E-state index in [4.69, 9.17) is 0 Å². The van der Waals surface area contributed by atoms with Crippen molar-refractivity contribution >= 4 is 11.6 Å². The molecule has 3 aromatic rings. The van der Waals surface area contributed by atoms with E-state index in [1.54, 1.807) is 6.07 Å². The molecular formula is C15H11FN6O3. The van der Waals surface area contributed by atoms with Gasteiger partial charge in [-0.3, -0.25) is 14.9 Å². The van der Waals surface area contributed by atoms with Crippen molar-refractivity contribution in [2.75, 3.05) is 0 Å². The number of hydrogen-bond acceptors (Lipinski definition) is 6. The van der Waals surface area contributed by atoms with Crippen LogP contribution in [0.3, 0.4) is 0 Å². The summed E-state index contributed by atoms with van der Waals surface area (Å²) in [6.07, 6.45) is 0. The highest BCUT2D eigenvalue weighted by Gasteiger charge is 2.13. The molecule has 0 radical (unpaired) electrons. The third-order valence-electron chi connectivity index (χ3n) is 3.33. The normalized spacial score (nSPS) is 10.4. The van der Waals surface area contributed by atoms with Gasteiger partial charge in [-0.2, -0.15) is 4.68 Å². The van der Waals surface area contributed by atoms with Gasteiger partial charge in [0.05, 0.1) is 17.2 Å². The Morgan fingerprint density at radius 1 is 1.24 bits per heavy atom. The molecule has 1 amide bonds. The highest BCUT2D eigenvalue weighted by atomic mass is 19.1. The summed E-state index contributed by atoms with van der Waals surface area (Å²) in [5, 5.41) is 24.3. The predicted octanol–water partition coefficient (Wildman–Crippen LogP) is 1.64. The molecule has 0 aliphatic heterocycles. The number of rotatable bonds is 5. The molecule has 0 saturated heterocycles. The van der Waals surface area contributed by atoms with E-state index in [9.17, 15) is 19.3 Å². The van der Waals surface area contributed by atoms with Crippen LogP contribution < -0.4 is 5.32 Å². The quantitative estimate of drug-likeness (QED) is 0.556. The Labute approximate surface area is 140 Å². The number of aromatic nitrogens is 4. The van der Waals surface area contributed by atoms with E-state index in [0.29, 0.717) is 11.5 Å². The van der Waals surface area contributed by atoms with Gasteiger partial charge in [0, 0.05) is 17.7 Å². The van der Waals surface area contributed by atoms with E-state index < -0.39 is 16.6 Å². The molecule has 9 nitrogen and oxygen atoms in total. The van der Waals surface area contributed by atoms with Crippen LogP contribution in [0.25, 0.3) is 5.69 Å². The van der Waals surface area contributed by atoms with E-state index in [-0.39, 0.29) is 17.8 Å². The lowest BCUT2D eigenvalue weighted by molar-refractivity contribution is -0.384. The first kappa shape index (κ1) is 16.2. The lowest BCUT2D eigenvalue weighted by atomic mass is 10.2. The number of nitrogens with one attached hydrogen (secondary N) is 1. The fourth-order valence-corrected chi connectivity index (χ4v) is 2.12. The highest BCUT2D eigenvalue weighted by Crippen LogP contribution is 2.12. The van der Waals surface area contributed by atoms with Gasteiger partial charge in [0.1, 0.15) is 5.82 Å². The molecule has 0 saturated carbocycles. The minimum absolute atomic E-state index is 0.000661. The number of hydrogen-bond donors (Lipinski definition) is 1. The molecule has 1 heterocycles. The van der Waals surface area contributed by atoms with Crippen molar-refractivity contribution in [3.05, 3.63) is 75.9 Å².